The lowest BCUT2D eigenvalue weighted by Crippen LogP contribution is -2.55. The van der Waals surface area contributed by atoms with Crippen LogP contribution >= 0.6 is 0 Å². The molecule has 0 aromatic heterocycles. The van der Waals surface area contributed by atoms with Crippen molar-refractivity contribution < 1.29 is 28.7 Å². The van der Waals surface area contributed by atoms with Gasteiger partial charge in [-0.05, 0) is 49.0 Å². The molecule has 2 aliphatic rings. The lowest BCUT2D eigenvalue weighted by Gasteiger charge is -2.26. The molecule has 10 heteroatoms. The van der Waals surface area contributed by atoms with Crippen molar-refractivity contribution in [3.63, 3.8) is 0 Å². The Kier molecular flexibility index (Phi) is 10.9. The van der Waals surface area contributed by atoms with Gasteiger partial charge >= 0.3 is 12.2 Å². The van der Waals surface area contributed by atoms with Crippen molar-refractivity contribution in [2.45, 2.75) is 91.1 Å². The normalized spacial score (nSPS) is 19.4. The van der Waals surface area contributed by atoms with Crippen LogP contribution in [0, 0.1) is 17.8 Å². The summed E-state index contributed by atoms with van der Waals surface area (Å²) in [6.07, 6.45) is 2.65. The topological polar surface area (TPSA) is 126 Å². The highest BCUT2D eigenvalue weighted by molar-refractivity contribution is 5.95. The number of nitrogens with one attached hydrogen (secondary N) is 3. The van der Waals surface area contributed by atoms with E-state index in [1.807, 2.05) is 58.0 Å². The maximum Gasteiger partial charge on any atom is 0.426 e. The maximum atomic E-state index is 13.4. The summed E-state index contributed by atoms with van der Waals surface area (Å²) in [5, 5.41) is 6.82. The summed E-state index contributed by atoms with van der Waals surface area (Å²) in [6.45, 7) is 8.33. The Bertz CT molecular complexity index is 948. The lowest BCUT2D eigenvalue weighted by molar-refractivity contribution is -0.134. The Hall–Kier alpha value is -3.14. The van der Waals surface area contributed by atoms with Crippen molar-refractivity contribution in [1.29, 1.82) is 0 Å². The van der Waals surface area contributed by atoms with E-state index in [1.54, 1.807) is 0 Å². The van der Waals surface area contributed by atoms with Crippen LogP contribution in [0.3, 0.4) is 0 Å². The van der Waals surface area contributed by atoms with E-state index in [2.05, 4.69) is 16.1 Å². The predicted octanol–water partition coefficient (Wildman–Crippen LogP) is 3.90. The summed E-state index contributed by atoms with van der Waals surface area (Å²) in [4.78, 5) is 51.5. The first kappa shape index (κ1) is 29.4. The van der Waals surface area contributed by atoms with Gasteiger partial charge in [0.25, 0.3) is 0 Å². The standard InChI is InChI=1S/C28H42N4O6/c1-18(2)14-22(24(33)26-31-32(28(36)38-26)16-20-10-8-9-11-20)29-25(34)23(15-19(3)4)30-27(35)37-17-21-12-6-5-7-13-21/h5-7,12-13,18-20,22-23,26,31H,8-11,14-17H2,1-4H3,(H,29,34)(H,30,35)/t22-,23-,26?/m0/s1. The minimum Gasteiger partial charge on any atom is -0.445 e. The summed E-state index contributed by atoms with van der Waals surface area (Å²) >= 11 is 0. The van der Waals surface area contributed by atoms with E-state index in [9.17, 15) is 19.2 Å². The molecule has 1 saturated heterocycles. The molecule has 3 amide bonds. The number of amides is 3. The molecule has 10 nitrogen and oxygen atoms in total. The molecule has 1 saturated carbocycles. The number of rotatable bonds is 13. The fourth-order valence-corrected chi connectivity index (χ4v) is 4.87. The molecule has 210 valence electrons. The van der Waals surface area contributed by atoms with Gasteiger partial charge in [0.05, 0.1) is 6.04 Å². The van der Waals surface area contributed by atoms with E-state index < -0.39 is 42.2 Å². The number of carbonyl (C=O) groups excluding carboxylic acids is 4. The minimum atomic E-state index is -1.17. The van der Waals surface area contributed by atoms with Gasteiger partial charge in [-0.1, -0.05) is 70.9 Å². The number of hydrazine groups is 1. The number of ether oxygens (including phenoxy) is 2. The highest BCUT2D eigenvalue weighted by atomic mass is 16.6. The molecule has 1 aliphatic carbocycles. The van der Waals surface area contributed by atoms with Crippen LogP contribution in [0.15, 0.2) is 30.3 Å². The molecule has 2 fully saturated rings. The zero-order valence-electron chi connectivity index (χ0n) is 22.9. The number of ketones is 1. The van der Waals surface area contributed by atoms with E-state index >= 15 is 0 Å². The van der Waals surface area contributed by atoms with Crippen LogP contribution in [0.5, 0.6) is 0 Å². The van der Waals surface area contributed by atoms with Crippen molar-refractivity contribution >= 4 is 23.9 Å². The average molecular weight is 531 g/mol. The largest absolute Gasteiger partial charge is 0.445 e. The van der Waals surface area contributed by atoms with Crippen LogP contribution in [0.25, 0.3) is 0 Å². The van der Waals surface area contributed by atoms with Crippen LogP contribution in [0.4, 0.5) is 9.59 Å². The number of hydrogen-bond acceptors (Lipinski definition) is 7. The molecular formula is C28H42N4O6. The van der Waals surface area contributed by atoms with Gasteiger partial charge in [-0.2, -0.15) is 5.43 Å². The van der Waals surface area contributed by atoms with E-state index in [1.165, 1.54) is 5.01 Å². The molecule has 1 unspecified atom stereocenters. The zero-order valence-corrected chi connectivity index (χ0v) is 22.9. The SMILES string of the molecule is CC(C)C[C@H](NC(=O)OCc1ccccc1)C(=O)N[C@@H](CC(C)C)C(=O)C1NN(CC2CCCC2)C(=O)O1. The summed E-state index contributed by atoms with van der Waals surface area (Å²) < 4.78 is 10.6. The number of nitrogens with zero attached hydrogens (tertiary/aromatic N) is 1. The Labute approximate surface area is 225 Å². The zero-order chi connectivity index (χ0) is 27.7. The van der Waals surface area contributed by atoms with E-state index in [4.69, 9.17) is 9.47 Å². The van der Waals surface area contributed by atoms with Gasteiger partial charge in [-0.3, -0.25) is 9.59 Å². The molecule has 1 aromatic carbocycles. The fraction of sp³-hybridized carbons (Fsp3) is 0.643. The van der Waals surface area contributed by atoms with E-state index in [0.717, 1.165) is 31.2 Å². The summed E-state index contributed by atoms with van der Waals surface area (Å²) in [6, 6.07) is 7.47. The van der Waals surface area contributed by atoms with Crippen molar-refractivity contribution in [2.75, 3.05) is 6.54 Å². The quantitative estimate of drug-likeness (QED) is 0.353. The summed E-state index contributed by atoms with van der Waals surface area (Å²) in [5.74, 6) is -0.338. The smallest absolute Gasteiger partial charge is 0.426 e. The maximum absolute atomic E-state index is 13.4. The second-order valence-corrected chi connectivity index (χ2v) is 11.1. The van der Waals surface area contributed by atoms with Gasteiger partial charge in [0.15, 0.2) is 0 Å². The average Bonchev–Trinajstić information content (AvgIpc) is 3.51. The Balaban J connectivity index is 1.61. The van der Waals surface area contributed by atoms with Crippen molar-refractivity contribution in [3.05, 3.63) is 35.9 Å². The molecule has 3 atom stereocenters. The Morgan fingerprint density at radius 1 is 1.00 bits per heavy atom. The molecule has 1 aromatic rings. The number of cyclic esters (lactones) is 1. The van der Waals surface area contributed by atoms with Gasteiger partial charge in [0.2, 0.25) is 17.9 Å². The van der Waals surface area contributed by atoms with Crippen LogP contribution in [0.2, 0.25) is 0 Å². The second kappa shape index (κ2) is 14.1. The number of benzene rings is 1. The van der Waals surface area contributed by atoms with Crippen molar-refractivity contribution in [3.8, 4) is 0 Å². The number of Topliss-reactive ketones (excluding diaryl/α,β-unsaturated/α-hetero) is 1. The summed E-state index contributed by atoms with van der Waals surface area (Å²) in [7, 11) is 0. The number of hydrogen-bond donors (Lipinski definition) is 3. The van der Waals surface area contributed by atoms with Crippen LogP contribution in [-0.4, -0.2) is 53.7 Å². The third-order valence-corrected chi connectivity index (χ3v) is 6.78. The molecule has 0 radical (unpaired) electrons. The van der Waals surface area contributed by atoms with Crippen LogP contribution in [-0.2, 0) is 25.7 Å². The third-order valence-electron chi connectivity index (χ3n) is 6.78. The van der Waals surface area contributed by atoms with Crippen molar-refractivity contribution in [1.82, 2.24) is 21.1 Å². The van der Waals surface area contributed by atoms with Crippen molar-refractivity contribution in [2.24, 2.45) is 17.8 Å². The minimum absolute atomic E-state index is 0.0766. The highest BCUT2D eigenvalue weighted by Gasteiger charge is 2.41. The molecule has 1 heterocycles. The predicted molar refractivity (Wildman–Crippen MR) is 141 cm³/mol. The van der Waals surface area contributed by atoms with Gasteiger partial charge in [0, 0.05) is 6.54 Å². The molecule has 38 heavy (non-hydrogen) atoms. The van der Waals surface area contributed by atoms with Gasteiger partial charge in [0.1, 0.15) is 12.6 Å². The van der Waals surface area contributed by atoms with Crippen LogP contribution in [0.1, 0.15) is 71.8 Å². The first-order chi connectivity index (χ1) is 18.1. The molecule has 0 spiro atoms. The first-order valence-electron chi connectivity index (χ1n) is 13.7. The van der Waals surface area contributed by atoms with Gasteiger partial charge in [-0.25, -0.2) is 14.6 Å². The molecule has 3 N–H and O–H groups in total. The van der Waals surface area contributed by atoms with Gasteiger partial charge in [-0.15, -0.1) is 0 Å². The first-order valence-corrected chi connectivity index (χ1v) is 13.7. The number of carbonyl (C=O) groups is 4. The highest BCUT2D eigenvalue weighted by Crippen LogP contribution is 2.26. The third kappa shape index (κ3) is 9.01. The monoisotopic (exact) mass is 530 g/mol. The molecular weight excluding hydrogens is 488 g/mol. The van der Waals surface area contributed by atoms with Gasteiger partial charge < -0.3 is 20.1 Å². The Morgan fingerprint density at radius 3 is 2.26 bits per heavy atom. The second-order valence-electron chi connectivity index (χ2n) is 11.1. The molecule has 3 rings (SSSR count). The number of alkyl carbamates (subject to hydrolysis) is 1. The Morgan fingerprint density at radius 2 is 1.63 bits per heavy atom. The summed E-state index contributed by atoms with van der Waals surface area (Å²) in [5.41, 5.74) is 3.72. The van der Waals surface area contributed by atoms with Crippen LogP contribution < -0.4 is 16.1 Å². The molecule has 1 aliphatic heterocycles. The lowest BCUT2D eigenvalue weighted by atomic mass is 9.97. The fourth-order valence-electron chi connectivity index (χ4n) is 4.87. The van der Waals surface area contributed by atoms with E-state index in [0.29, 0.717) is 25.3 Å². The molecule has 0 bridgehead atoms. The van der Waals surface area contributed by atoms with E-state index in [-0.39, 0.29) is 18.4 Å².